The molecule has 0 rings (SSSR count). The number of azide groups is 1. The van der Waals surface area contributed by atoms with Crippen LogP contribution in [0.5, 0.6) is 0 Å². The van der Waals surface area contributed by atoms with Gasteiger partial charge in [0.15, 0.2) is 0 Å². The van der Waals surface area contributed by atoms with Crippen molar-refractivity contribution < 1.29 is 14.6 Å². The minimum absolute atomic E-state index is 0.141. The fourth-order valence-electron chi connectivity index (χ4n) is 0.723. The highest BCUT2D eigenvalue weighted by Crippen LogP contribution is 2.03. The molecule has 0 spiro atoms. The average molecular weight is 187 g/mol. The van der Waals surface area contributed by atoms with Gasteiger partial charge in [-0.1, -0.05) is 12.0 Å². The molecular weight excluding hydrogens is 174 g/mol. The van der Waals surface area contributed by atoms with Crippen LogP contribution in [0.2, 0.25) is 0 Å². The van der Waals surface area contributed by atoms with Gasteiger partial charge >= 0.3 is 5.97 Å². The van der Waals surface area contributed by atoms with E-state index in [0.717, 1.165) is 0 Å². The molecule has 6 heteroatoms. The van der Waals surface area contributed by atoms with Gasteiger partial charge in [0, 0.05) is 18.3 Å². The number of nitrogens with zero attached hydrogens (tertiary/aromatic N) is 3. The number of carbonyl (C=O) groups excluding carboxylic acids is 1. The van der Waals surface area contributed by atoms with Crippen molar-refractivity contribution >= 4 is 5.97 Å². The molecule has 0 heterocycles. The lowest BCUT2D eigenvalue weighted by Gasteiger charge is -2.12. The smallest absolute Gasteiger partial charge is 0.302 e. The van der Waals surface area contributed by atoms with Crippen LogP contribution in [0.25, 0.3) is 10.4 Å². The topological polar surface area (TPSA) is 95.3 Å². The first-order chi connectivity index (χ1) is 6.07. The van der Waals surface area contributed by atoms with Crippen LogP contribution in [0.3, 0.4) is 0 Å². The number of esters is 1. The minimum Gasteiger partial charge on any atom is -0.466 e. The Morgan fingerprint density at radius 3 is 2.85 bits per heavy atom. The van der Waals surface area contributed by atoms with Crippen LogP contribution in [-0.2, 0) is 9.53 Å². The van der Waals surface area contributed by atoms with Crippen LogP contribution in [0.15, 0.2) is 5.11 Å². The van der Waals surface area contributed by atoms with Crippen molar-refractivity contribution in [2.75, 3.05) is 6.61 Å². The van der Waals surface area contributed by atoms with Crippen molar-refractivity contribution in [1.82, 2.24) is 0 Å². The standard InChI is InChI=1S/C7H13N3O3/c1-5(9-10-8)7(12)3-4-13-6(2)11/h5,7,12H,3-4H2,1-2H3. The van der Waals surface area contributed by atoms with Gasteiger partial charge in [0.2, 0.25) is 0 Å². The molecule has 0 aromatic carbocycles. The van der Waals surface area contributed by atoms with Crippen LogP contribution in [-0.4, -0.2) is 29.8 Å². The van der Waals surface area contributed by atoms with Gasteiger partial charge in [0.1, 0.15) is 0 Å². The maximum Gasteiger partial charge on any atom is 0.302 e. The molecule has 0 bridgehead atoms. The Hall–Kier alpha value is -1.26. The third kappa shape index (κ3) is 5.95. The number of aliphatic hydroxyl groups excluding tert-OH is 1. The monoisotopic (exact) mass is 187 g/mol. The molecule has 0 amide bonds. The summed E-state index contributed by atoms with van der Waals surface area (Å²) in [5.41, 5.74) is 8.06. The van der Waals surface area contributed by atoms with Crippen molar-refractivity contribution in [2.24, 2.45) is 5.11 Å². The summed E-state index contributed by atoms with van der Waals surface area (Å²) in [5, 5.41) is 12.6. The second kappa shape index (κ2) is 6.28. The molecule has 2 atom stereocenters. The van der Waals surface area contributed by atoms with Gasteiger partial charge < -0.3 is 9.84 Å². The Balaban J connectivity index is 3.67. The number of aliphatic hydroxyl groups is 1. The molecule has 6 nitrogen and oxygen atoms in total. The maximum atomic E-state index is 10.3. The Morgan fingerprint density at radius 1 is 1.77 bits per heavy atom. The van der Waals surface area contributed by atoms with Crippen LogP contribution < -0.4 is 0 Å². The summed E-state index contributed by atoms with van der Waals surface area (Å²) in [6.07, 6.45) is -0.491. The first kappa shape index (κ1) is 11.7. The lowest BCUT2D eigenvalue weighted by Crippen LogP contribution is -2.22. The predicted molar refractivity (Wildman–Crippen MR) is 45.9 cm³/mol. The first-order valence-electron chi connectivity index (χ1n) is 3.93. The second-order valence-corrected chi connectivity index (χ2v) is 2.64. The Morgan fingerprint density at radius 2 is 2.38 bits per heavy atom. The molecule has 2 unspecified atom stereocenters. The van der Waals surface area contributed by atoms with Crippen LogP contribution in [0, 0.1) is 0 Å². The van der Waals surface area contributed by atoms with Gasteiger partial charge in [-0.2, -0.15) is 0 Å². The van der Waals surface area contributed by atoms with E-state index in [1.165, 1.54) is 6.92 Å². The van der Waals surface area contributed by atoms with Crippen LogP contribution in [0.4, 0.5) is 0 Å². The highest BCUT2D eigenvalue weighted by Gasteiger charge is 2.12. The number of rotatable bonds is 5. The molecule has 1 N–H and O–H groups in total. The largest absolute Gasteiger partial charge is 0.466 e. The molecule has 0 aromatic rings. The summed E-state index contributed by atoms with van der Waals surface area (Å²) in [7, 11) is 0. The predicted octanol–water partition coefficient (Wildman–Crippen LogP) is 0.999. The second-order valence-electron chi connectivity index (χ2n) is 2.64. The molecule has 0 saturated heterocycles. The third-order valence-corrected chi connectivity index (χ3v) is 1.51. The zero-order valence-electron chi connectivity index (χ0n) is 7.67. The van der Waals surface area contributed by atoms with E-state index in [-0.39, 0.29) is 19.0 Å². The SMILES string of the molecule is CC(=O)OCCC(O)C(C)N=[N+]=[N-]. The molecule has 13 heavy (non-hydrogen) atoms. The normalized spacial score (nSPS) is 14.1. The van der Waals surface area contributed by atoms with E-state index in [9.17, 15) is 9.90 Å². The van der Waals surface area contributed by atoms with E-state index in [1.807, 2.05) is 0 Å². The van der Waals surface area contributed by atoms with Crippen molar-refractivity contribution in [2.45, 2.75) is 32.4 Å². The number of ether oxygens (including phenoxy) is 1. The summed E-state index contributed by atoms with van der Waals surface area (Å²) in [4.78, 5) is 12.9. The molecule has 0 aliphatic rings. The summed E-state index contributed by atoms with van der Waals surface area (Å²) >= 11 is 0. The lowest BCUT2D eigenvalue weighted by atomic mass is 10.1. The number of carbonyl (C=O) groups is 1. The fraction of sp³-hybridized carbons (Fsp3) is 0.857. The molecule has 0 fully saturated rings. The molecule has 0 radical (unpaired) electrons. The number of hydrogen-bond donors (Lipinski definition) is 1. The molecule has 74 valence electrons. The van der Waals surface area contributed by atoms with Gasteiger partial charge in [0.25, 0.3) is 0 Å². The average Bonchev–Trinajstić information content (AvgIpc) is 2.04. The zero-order chi connectivity index (χ0) is 10.3. The lowest BCUT2D eigenvalue weighted by molar-refractivity contribution is -0.141. The quantitative estimate of drug-likeness (QED) is 0.301. The molecular formula is C7H13N3O3. The van der Waals surface area contributed by atoms with Crippen molar-refractivity contribution in [3.8, 4) is 0 Å². The number of hydrogen-bond acceptors (Lipinski definition) is 4. The van der Waals surface area contributed by atoms with E-state index in [2.05, 4.69) is 14.8 Å². The van der Waals surface area contributed by atoms with Gasteiger partial charge in [0.05, 0.1) is 18.8 Å². The van der Waals surface area contributed by atoms with E-state index >= 15 is 0 Å². The summed E-state index contributed by atoms with van der Waals surface area (Å²) < 4.78 is 4.61. The fourth-order valence-corrected chi connectivity index (χ4v) is 0.723. The third-order valence-electron chi connectivity index (χ3n) is 1.51. The van der Waals surface area contributed by atoms with Crippen molar-refractivity contribution in [3.63, 3.8) is 0 Å². The van der Waals surface area contributed by atoms with E-state index in [1.54, 1.807) is 6.92 Å². The van der Waals surface area contributed by atoms with Gasteiger partial charge in [-0.15, -0.1) is 0 Å². The highest BCUT2D eigenvalue weighted by molar-refractivity contribution is 5.65. The van der Waals surface area contributed by atoms with Crippen LogP contribution in [0.1, 0.15) is 20.3 Å². The Kier molecular flexibility index (Phi) is 5.67. The Bertz CT molecular complexity index is 213. The van der Waals surface area contributed by atoms with Gasteiger partial charge in [-0.3, -0.25) is 4.79 Å². The minimum atomic E-state index is -0.768. The maximum absolute atomic E-state index is 10.3. The first-order valence-corrected chi connectivity index (χ1v) is 3.93. The Labute approximate surface area is 76.1 Å². The van der Waals surface area contributed by atoms with Crippen molar-refractivity contribution in [1.29, 1.82) is 0 Å². The van der Waals surface area contributed by atoms with E-state index in [0.29, 0.717) is 0 Å². The molecule has 0 saturated carbocycles. The van der Waals surface area contributed by atoms with Gasteiger partial charge in [-0.05, 0) is 5.53 Å². The molecule has 0 aliphatic carbocycles. The summed E-state index contributed by atoms with van der Waals surface area (Å²) in [6.45, 7) is 3.03. The zero-order valence-corrected chi connectivity index (χ0v) is 7.67. The molecule has 0 aliphatic heterocycles. The molecule has 0 aromatic heterocycles. The summed E-state index contributed by atoms with van der Waals surface area (Å²) in [6, 6.07) is -0.499. The van der Waals surface area contributed by atoms with Crippen LogP contribution >= 0.6 is 0 Å². The highest BCUT2D eigenvalue weighted by atomic mass is 16.5. The van der Waals surface area contributed by atoms with Crippen molar-refractivity contribution in [3.05, 3.63) is 10.4 Å². The van der Waals surface area contributed by atoms with E-state index in [4.69, 9.17) is 5.53 Å². The van der Waals surface area contributed by atoms with Gasteiger partial charge in [-0.25, -0.2) is 0 Å². The summed E-state index contributed by atoms with van der Waals surface area (Å²) in [5.74, 6) is -0.386. The van der Waals surface area contributed by atoms with E-state index < -0.39 is 12.1 Å².